The van der Waals surface area contributed by atoms with E-state index in [0.29, 0.717) is 12.8 Å². The van der Waals surface area contributed by atoms with Gasteiger partial charge in [0.2, 0.25) is 8.32 Å². The Kier molecular flexibility index (Phi) is 7.51. The van der Waals surface area contributed by atoms with Gasteiger partial charge in [0.1, 0.15) is 24.6 Å². The summed E-state index contributed by atoms with van der Waals surface area (Å²) in [6.07, 6.45) is 0.258. The lowest BCUT2D eigenvalue weighted by atomic mass is 9.96. The van der Waals surface area contributed by atoms with E-state index in [4.69, 9.17) is 18.6 Å². The summed E-state index contributed by atoms with van der Waals surface area (Å²) in [5, 5.41) is 0.108. The molecule has 29 heavy (non-hydrogen) atoms. The summed E-state index contributed by atoms with van der Waals surface area (Å²) in [6.45, 7) is 13.8. The highest BCUT2D eigenvalue weighted by Crippen LogP contribution is 2.39. The van der Waals surface area contributed by atoms with E-state index in [1.807, 2.05) is 24.3 Å². The summed E-state index contributed by atoms with van der Waals surface area (Å²) < 4.78 is 23.1. The molecule has 162 valence electrons. The standard InChI is InChI=1S/C22H34O6Si/c1-15(23)25-14-21-20(26-16(2)24)12-11-19(27-21)17-9-8-10-18(13-17)28-29(6,7)22(3,4)5/h8-10,13,19-21H,11-12,14H2,1-7H3/t19?,20-,21+/m0/s1. The van der Waals surface area contributed by atoms with Crippen molar-refractivity contribution in [3.63, 3.8) is 0 Å². The molecule has 0 aromatic heterocycles. The van der Waals surface area contributed by atoms with Gasteiger partial charge >= 0.3 is 11.9 Å². The van der Waals surface area contributed by atoms with E-state index in [1.165, 1.54) is 13.8 Å². The minimum atomic E-state index is -1.94. The first-order valence-electron chi connectivity index (χ1n) is 10.1. The fourth-order valence-corrected chi connectivity index (χ4v) is 4.06. The third-order valence-electron chi connectivity index (χ3n) is 5.64. The highest BCUT2D eigenvalue weighted by atomic mass is 28.4. The average Bonchev–Trinajstić information content (AvgIpc) is 2.59. The summed E-state index contributed by atoms with van der Waals surface area (Å²) in [7, 11) is -1.94. The van der Waals surface area contributed by atoms with Crippen molar-refractivity contribution in [3.05, 3.63) is 29.8 Å². The molecule has 0 amide bonds. The number of ether oxygens (including phenoxy) is 3. The molecule has 0 saturated carbocycles. The van der Waals surface area contributed by atoms with Gasteiger partial charge in [-0.2, -0.15) is 0 Å². The smallest absolute Gasteiger partial charge is 0.302 e. The van der Waals surface area contributed by atoms with Crippen LogP contribution >= 0.6 is 0 Å². The van der Waals surface area contributed by atoms with E-state index >= 15 is 0 Å². The summed E-state index contributed by atoms with van der Waals surface area (Å²) in [5.74, 6) is 0.0908. The molecule has 1 fully saturated rings. The van der Waals surface area contributed by atoms with Crippen LogP contribution < -0.4 is 4.43 Å². The predicted molar refractivity (Wildman–Crippen MR) is 113 cm³/mol. The molecule has 1 aliphatic heterocycles. The van der Waals surface area contributed by atoms with Crippen LogP contribution in [-0.4, -0.2) is 39.1 Å². The van der Waals surface area contributed by atoms with E-state index in [-0.39, 0.29) is 29.7 Å². The predicted octanol–water partition coefficient (Wildman–Crippen LogP) is 4.79. The fourth-order valence-electron chi connectivity index (χ4n) is 3.03. The van der Waals surface area contributed by atoms with Crippen molar-refractivity contribution in [2.24, 2.45) is 0 Å². The first-order valence-corrected chi connectivity index (χ1v) is 13.0. The SMILES string of the molecule is CC(=O)OC[C@H]1OC(c2cccc(O[Si](C)(C)C(C)(C)C)c2)CC[C@@H]1OC(C)=O. The zero-order valence-corrected chi connectivity index (χ0v) is 19.6. The molecule has 6 nitrogen and oxygen atoms in total. The Bertz CT molecular complexity index is 724. The van der Waals surface area contributed by atoms with Crippen LogP contribution in [0.25, 0.3) is 0 Å². The van der Waals surface area contributed by atoms with Crippen molar-refractivity contribution in [1.82, 2.24) is 0 Å². The second kappa shape index (κ2) is 9.30. The van der Waals surface area contributed by atoms with Crippen LogP contribution in [0.2, 0.25) is 18.1 Å². The summed E-state index contributed by atoms with van der Waals surface area (Å²) in [4.78, 5) is 22.6. The van der Waals surface area contributed by atoms with Crippen LogP contribution in [0.15, 0.2) is 24.3 Å². The van der Waals surface area contributed by atoms with Crippen molar-refractivity contribution < 1.29 is 28.2 Å². The number of benzene rings is 1. The minimum Gasteiger partial charge on any atom is -0.543 e. The maximum absolute atomic E-state index is 11.4. The van der Waals surface area contributed by atoms with Gasteiger partial charge in [-0.3, -0.25) is 9.59 Å². The first kappa shape index (κ1) is 23.4. The van der Waals surface area contributed by atoms with Crippen molar-refractivity contribution in [2.75, 3.05) is 6.61 Å². The Labute approximate surface area is 175 Å². The lowest BCUT2D eigenvalue weighted by Gasteiger charge is -2.37. The molecule has 1 aromatic rings. The Balaban J connectivity index is 2.15. The second-order valence-electron chi connectivity index (χ2n) is 9.13. The number of carbonyl (C=O) groups excluding carboxylic acids is 2. The Hall–Kier alpha value is -1.86. The molecule has 1 aromatic carbocycles. The molecular formula is C22H34O6Si. The maximum atomic E-state index is 11.4. The van der Waals surface area contributed by atoms with Gasteiger partial charge in [-0.1, -0.05) is 32.9 Å². The average molecular weight is 423 g/mol. The van der Waals surface area contributed by atoms with Crippen LogP contribution in [0, 0.1) is 0 Å². The first-order chi connectivity index (χ1) is 13.4. The molecule has 0 aliphatic carbocycles. The number of hydrogen-bond donors (Lipinski definition) is 0. The Morgan fingerprint density at radius 1 is 1.14 bits per heavy atom. The third kappa shape index (κ3) is 6.57. The molecule has 0 N–H and O–H groups in total. The topological polar surface area (TPSA) is 71.1 Å². The van der Waals surface area contributed by atoms with Gasteiger partial charge in [-0.15, -0.1) is 0 Å². The van der Waals surface area contributed by atoms with Gasteiger partial charge in [0.25, 0.3) is 0 Å². The van der Waals surface area contributed by atoms with Gasteiger partial charge in [0.15, 0.2) is 0 Å². The molecule has 0 spiro atoms. The maximum Gasteiger partial charge on any atom is 0.302 e. The van der Waals surface area contributed by atoms with Crippen molar-refractivity contribution in [3.8, 4) is 5.75 Å². The summed E-state index contributed by atoms with van der Waals surface area (Å²) >= 11 is 0. The zero-order chi connectivity index (χ0) is 21.8. The molecule has 1 saturated heterocycles. The summed E-state index contributed by atoms with van der Waals surface area (Å²) in [6, 6.07) is 7.99. The van der Waals surface area contributed by atoms with Gasteiger partial charge in [-0.05, 0) is 48.7 Å². The van der Waals surface area contributed by atoms with Crippen LogP contribution in [0.3, 0.4) is 0 Å². The number of carbonyl (C=O) groups is 2. The van der Waals surface area contributed by atoms with E-state index < -0.39 is 20.5 Å². The van der Waals surface area contributed by atoms with Crippen LogP contribution in [-0.2, 0) is 23.8 Å². The number of esters is 2. The van der Waals surface area contributed by atoms with Gasteiger partial charge in [0, 0.05) is 13.8 Å². The molecule has 0 bridgehead atoms. The van der Waals surface area contributed by atoms with E-state index in [2.05, 4.69) is 33.9 Å². The highest BCUT2D eigenvalue weighted by molar-refractivity contribution is 6.74. The van der Waals surface area contributed by atoms with E-state index in [9.17, 15) is 9.59 Å². The van der Waals surface area contributed by atoms with Crippen LogP contribution in [0.4, 0.5) is 0 Å². The van der Waals surface area contributed by atoms with Gasteiger partial charge in [0.05, 0.1) is 6.10 Å². The van der Waals surface area contributed by atoms with Crippen molar-refractivity contribution in [1.29, 1.82) is 0 Å². The molecule has 1 unspecified atom stereocenters. The monoisotopic (exact) mass is 422 g/mol. The van der Waals surface area contributed by atoms with Gasteiger partial charge < -0.3 is 18.6 Å². The molecule has 1 aliphatic rings. The molecule has 7 heteroatoms. The lowest BCUT2D eigenvalue weighted by molar-refractivity contribution is -0.181. The molecule has 0 radical (unpaired) electrons. The largest absolute Gasteiger partial charge is 0.543 e. The van der Waals surface area contributed by atoms with E-state index in [0.717, 1.165) is 11.3 Å². The zero-order valence-electron chi connectivity index (χ0n) is 18.6. The van der Waals surface area contributed by atoms with Crippen LogP contribution in [0.1, 0.15) is 59.1 Å². The molecular weight excluding hydrogens is 388 g/mol. The Morgan fingerprint density at radius 3 is 2.41 bits per heavy atom. The number of hydrogen-bond acceptors (Lipinski definition) is 6. The Morgan fingerprint density at radius 2 is 1.83 bits per heavy atom. The number of rotatable bonds is 6. The minimum absolute atomic E-state index is 0.0595. The normalized spacial score (nSPS) is 22.7. The van der Waals surface area contributed by atoms with Crippen LogP contribution in [0.5, 0.6) is 5.75 Å². The molecule has 1 heterocycles. The lowest BCUT2D eigenvalue weighted by Crippen LogP contribution is -2.44. The van der Waals surface area contributed by atoms with Crippen molar-refractivity contribution >= 4 is 20.3 Å². The van der Waals surface area contributed by atoms with E-state index in [1.54, 1.807) is 0 Å². The molecule has 2 rings (SSSR count). The quantitative estimate of drug-likeness (QED) is 0.485. The third-order valence-corrected chi connectivity index (χ3v) is 10.0. The fraction of sp³-hybridized carbons (Fsp3) is 0.636. The summed E-state index contributed by atoms with van der Waals surface area (Å²) in [5.41, 5.74) is 1.01. The molecule has 3 atom stereocenters. The van der Waals surface area contributed by atoms with Crippen molar-refractivity contribution in [2.45, 2.75) is 83.9 Å². The highest BCUT2D eigenvalue weighted by Gasteiger charge is 2.39. The van der Waals surface area contributed by atoms with Gasteiger partial charge in [-0.25, -0.2) is 0 Å². The second-order valence-corrected chi connectivity index (χ2v) is 13.9.